The smallest absolute Gasteiger partial charge is 0.159 e. The Balaban J connectivity index is 2.27. The molecule has 0 amide bonds. The summed E-state index contributed by atoms with van der Waals surface area (Å²) in [5.74, 6) is 0.999. The van der Waals surface area contributed by atoms with Crippen LogP contribution in [0.4, 0.5) is 0 Å². The highest BCUT2D eigenvalue weighted by Crippen LogP contribution is 2.40. The first kappa shape index (κ1) is 14.9. The largest absolute Gasteiger partial charge is 0.306 e. The zero-order chi connectivity index (χ0) is 15.2. The number of fused-ring (bicyclic) bond motifs is 1. The molecule has 0 bridgehead atoms. The lowest BCUT2D eigenvalue weighted by atomic mass is 9.83. The van der Waals surface area contributed by atoms with Crippen LogP contribution in [0.2, 0.25) is 0 Å². The van der Waals surface area contributed by atoms with Crippen LogP contribution >= 0.6 is 11.6 Å². The second-order valence-electron chi connectivity index (χ2n) is 6.58. The van der Waals surface area contributed by atoms with Gasteiger partial charge in [-0.25, -0.2) is 4.98 Å². The standard InChI is InChI=1S/C16H25ClN4/c1-5-12-13-15(20(4)19-12)21(14(18-13)11(2)17)16(3)9-7-6-8-10-16/h11H,5-10H2,1-4H3. The van der Waals surface area contributed by atoms with Crippen LogP contribution in [-0.4, -0.2) is 19.3 Å². The van der Waals surface area contributed by atoms with Crippen molar-refractivity contribution in [3.05, 3.63) is 11.5 Å². The van der Waals surface area contributed by atoms with Crippen molar-refractivity contribution in [3.8, 4) is 0 Å². The fourth-order valence-corrected chi connectivity index (χ4v) is 3.92. The molecule has 1 unspecified atom stereocenters. The summed E-state index contributed by atoms with van der Waals surface area (Å²) in [6.07, 6.45) is 7.20. The van der Waals surface area contributed by atoms with Gasteiger partial charge >= 0.3 is 0 Å². The predicted octanol–water partition coefficient (Wildman–Crippen LogP) is 4.31. The lowest BCUT2D eigenvalue weighted by Gasteiger charge is -2.37. The zero-order valence-corrected chi connectivity index (χ0v) is 14.2. The van der Waals surface area contributed by atoms with E-state index in [0.29, 0.717) is 0 Å². The number of aryl methyl sites for hydroxylation is 2. The van der Waals surface area contributed by atoms with Gasteiger partial charge < -0.3 is 4.57 Å². The van der Waals surface area contributed by atoms with E-state index in [2.05, 4.69) is 23.5 Å². The maximum absolute atomic E-state index is 6.45. The third-order valence-corrected chi connectivity index (χ3v) is 5.09. The Morgan fingerprint density at radius 2 is 1.95 bits per heavy atom. The molecule has 0 aliphatic heterocycles. The summed E-state index contributed by atoms with van der Waals surface area (Å²) in [5.41, 5.74) is 3.36. The molecule has 1 atom stereocenters. The predicted molar refractivity (Wildman–Crippen MR) is 86.9 cm³/mol. The molecule has 0 aromatic carbocycles. The van der Waals surface area contributed by atoms with Gasteiger partial charge in [-0.15, -0.1) is 11.6 Å². The number of nitrogens with zero attached hydrogens (tertiary/aromatic N) is 4. The fourth-order valence-electron chi connectivity index (χ4n) is 3.77. The van der Waals surface area contributed by atoms with Crippen molar-refractivity contribution in [1.29, 1.82) is 0 Å². The van der Waals surface area contributed by atoms with Crippen molar-refractivity contribution in [2.75, 3.05) is 0 Å². The van der Waals surface area contributed by atoms with Crippen molar-refractivity contribution >= 4 is 22.8 Å². The number of hydrogen-bond donors (Lipinski definition) is 0. The highest BCUT2D eigenvalue weighted by molar-refractivity contribution is 6.20. The molecule has 5 heteroatoms. The van der Waals surface area contributed by atoms with E-state index in [1.807, 2.05) is 18.7 Å². The minimum absolute atomic E-state index is 0.0825. The summed E-state index contributed by atoms with van der Waals surface area (Å²) >= 11 is 6.45. The highest BCUT2D eigenvalue weighted by atomic mass is 35.5. The van der Waals surface area contributed by atoms with Crippen LogP contribution < -0.4 is 0 Å². The summed E-state index contributed by atoms with van der Waals surface area (Å²) in [6.45, 7) is 6.51. The van der Waals surface area contributed by atoms with E-state index in [4.69, 9.17) is 16.6 Å². The van der Waals surface area contributed by atoms with E-state index in [1.165, 1.54) is 32.1 Å². The van der Waals surface area contributed by atoms with Gasteiger partial charge in [0.1, 0.15) is 11.3 Å². The molecule has 3 rings (SSSR count). The molecule has 1 saturated carbocycles. The summed E-state index contributed by atoms with van der Waals surface area (Å²) in [5, 5.41) is 4.56. The van der Waals surface area contributed by atoms with Crippen LogP contribution in [-0.2, 0) is 19.0 Å². The third-order valence-electron chi connectivity index (χ3n) is 4.89. The average molecular weight is 309 g/mol. The number of aromatic nitrogens is 4. The van der Waals surface area contributed by atoms with E-state index in [9.17, 15) is 0 Å². The minimum atomic E-state index is -0.0825. The number of rotatable bonds is 3. The third kappa shape index (κ3) is 2.28. The zero-order valence-electron chi connectivity index (χ0n) is 13.5. The lowest BCUT2D eigenvalue weighted by Crippen LogP contribution is -2.34. The van der Waals surface area contributed by atoms with Gasteiger partial charge in [-0.3, -0.25) is 4.68 Å². The van der Waals surface area contributed by atoms with E-state index in [1.54, 1.807) is 0 Å². The molecule has 4 nitrogen and oxygen atoms in total. The lowest BCUT2D eigenvalue weighted by molar-refractivity contribution is 0.217. The number of hydrogen-bond acceptors (Lipinski definition) is 2. The van der Waals surface area contributed by atoms with Gasteiger partial charge in [0, 0.05) is 12.6 Å². The van der Waals surface area contributed by atoms with Crippen molar-refractivity contribution in [2.45, 2.75) is 70.2 Å². The van der Waals surface area contributed by atoms with E-state index < -0.39 is 0 Å². The topological polar surface area (TPSA) is 35.6 Å². The Morgan fingerprint density at radius 1 is 1.29 bits per heavy atom. The number of alkyl halides is 1. The molecule has 0 N–H and O–H groups in total. The fraction of sp³-hybridized carbons (Fsp3) is 0.750. The molecule has 2 aromatic heterocycles. The molecule has 0 radical (unpaired) electrons. The SMILES string of the molecule is CCc1nn(C)c2c1nc(C(C)Cl)n2C1(C)CCCCC1. The maximum Gasteiger partial charge on any atom is 0.159 e. The Morgan fingerprint density at radius 3 is 2.52 bits per heavy atom. The monoisotopic (exact) mass is 308 g/mol. The second-order valence-corrected chi connectivity index (χ2v) is 7.23. The van der Waals surface area contributed by atoms with E-state index in [0.717, 1.165) is 29.1 Å². The van der Waals surface area contributed by atoms with Gasteiger partial charge in [-0.1, -0.05) is 26.2 Å². The molecule has 0 spiro atoms. The van der Waals surface area contributed by atoms with Crippen molar-refractivity contribution < 1.29 is 0 Å². The summed E-state index contributed by atoms with van der Waals surface area (Å²) in [7, 11) is 2.02. The number of halogens is 1. The Labute approximate surface area is 131 Å². The van der Waals surface area contributed by atoms with Gasteiger partial charge in [0.2, 0.25) is 0 Å². The molecule has 0 saturated heterocycles. The average Bonchev–Trinajstić information content (AvgIpc) is 2.98. The second kappa shape index (κ2) is 5.31. The molecule has 1 aliphatic carbocycles. The Bertz CT molecular complexity index is 647. The van der Waals surface area contributed by atoms with Crippen molar-refractivity contribution in [3.63, 3.8) is 0 Å². The molecule has 116 valence electrons. The van der Waals surface area contributed by atoms with Crippen LogP contribution in [0, 0.1) is 0 Å². The number of imidazole rings is 1. The van der Waals surface area contributed by atoms with Gasteiger partial charge in [0.15, 0.2) is 5.65 Å². The van der Waals surface area contributed by atoms with Crippen LogP contribution in [0.15, 0.2) is 0 Å². The first-order chi connectivity index (χ1) is 9.98. The minimum Gasteiger partial charge on any atom is -0.306 e. The molecule has 2 heterocycles. The molecule has 2 aromatic rings. The Hall–Kier alpha value is -1.03. The van der Waals surface area contributed by atoms with Crippen molar-refractivity contribution in [2.24, 2.45) is 7.05 Å². The van der Waals surface area contributed by atoms with Gasteiger partial charge in [0.05, 0.1) is 11.1 Å². The molecule has 1 fully saturated rings. The molecular formula is C16H25ClN4. The maximum atomic E-state index is 6.45. The van der Waals surface area contributed by atoms with Crippen LogP contribution in [0.3, 0.4) is 0 Å². The first-order valence-corrected chi connectivity index (χ1v) is 8.50. The first-order valence-electron chi connectivity index (χ1n) is 8.06. The van der Waals surface area contributed by atoms with Crippen LogP contribution in [0.25, 0.3) is 11.2 Å². The summed E-state index contributed by atoms with van der Waals surface area (Å²) < 4.78 is 4.38. The Kier molecular flexibility index (Phi) is 3.76. The van der Waals surface area contributed by atoms with Crippen molar-refractivity contribution in [1.82, 2.24) is 19.3 Å². The quantitative estimate of drug-likeness (QED) is 0.792. The molecule has 1 aliphatic rings. The van der Waals surface area contributed by atoms with Gasteiger partial charge in [-0.05, 0) is 33.1 Å². The van der Waals surface area contributed by atoms with Gasteiger partial charge in [-0.2, -0.15) is 5.10 Å². The highest BCUT2D eigenvalue weighted by Gasteiger charge is 2.35. The van der Waals surface area contributed by atoms with E-state index >= 15 is 0 Å². The summed E-state index contributed by atoms with van der Waals surface area (Å²) in [6, 6.07) is 0. The summed E-state index contributed by atoms with van der Waals surface area (Å²) in [4.78, 5) is 4.87. The van der Waals surface area contributed by atoms with Gasteiger partial charge in [0.25, 0.3) is 0 Å². The van der Waals surface area contributed by atoms with Crippen LogP contribution in [0.5, 0.6) is 0 Å². The molecule has 21 heavy (non-hydrogen) atoms. The van der Waals surface area contributed by atoms with E-state index in [-0.39, 0.29) is 10.9 Å². The molecular weight excluding hydrogens is 284 g/mol. The normalized spacial score (nSPS) is 20.0. The van der Waals surface area contributed by atoms with Crippen LogP contribution in [0.1, 0.15) is 69.8 Å².